The summed E-state index contributed by atoms with van der Waals surface area (Å²) in [6.45, 7) is 1.52. The van der Waals surface area contributed by atoms with Gasteiger partial charge in [-0.05, 0) is 25.1 Å². The molecule has 3 rings (SSSR count). The van der Waals surface area contributed by atoms with Crippen LogP contribution in [-0.2, 0) is 9.53 Å². The highest BCUT2D eigenvalue weighted by Crippen LogP contribution is 2.29. The van der Waals surface area contributed by atoms with E-state index in [-0.39, 0.29) is 0 Å². The summed E-state index contributed by atoms with van der Waals surface area (Å²) in [6.07, 6.45) is 0.602. The zero-order chi connectivity index (χ0) is 19.4. The molecule has 0 bridgehead atoms. The van der Waals surface area contributed by atoms with E-state index in [1.807, 2.05) is 24.3 Å². The third-order valence-electron chi connectivity index (χ3n) is 4.11. The SMILES string of the molecule is COc1ccc(NC(=O)[C@H](C)OC(=O)c2c[nH]c3ccccc23)cc1OC. The summed E-state index contributed by atoms with van der Waals surface area (Å²) in [7, 11) is 3.04. The fourth-order valence-corrected chi connectivity index (χ4v) is 2.68. The molecule has 0 saturated carbocycles. The van der Waals surface area contributed by atoms with Crippen LogP contribution in [0.25, 0.3) is 10.9 Å². The minimum absolute atomic E-state index is 0.386. The average molecular weight is 368 g/mol. The lowest BCUT2D eigenvalue weighted by molar-refractivity contribution is -0.123. The summed E-state index contributed by atoms with van der Waals surface area (Å²) in [6, 6.07) is 12.4. The van der Waals surface area contributed by atoms with Gasteiger partial charge in [-0.1, -0.05) is 18.2 Å². The fourth-order valence-electron chi connectivity index (χ4n) is 2.68. The van der Waals surface area contributed by atoms with Crippen LogP contribution in [0.15, 0.2) is 48.7 Å². The molecule has 1 amide bonds. The third-order valence-corrected chi connectivity index (χ3v) is 4.11. The van der Waals surface area contributed by atoms with Crippen LogP contribution in [0.4, 0.5) is 5.69 Å². The molecule has 1 aromatic heterocycles. The lowest BCUT2D eigenvalue weighted by Gasteiger charge is -2.14. The zero-order valence-corrected chi connectivity index (χ0v) is 15.2. The molecule has 7 nitrogen and oxygen atoms in total. The van der Waals surface area contributed by atoms with Gasteiger partial charge in [0.05, 0.1) is 19.8 Å². The number of fused-ring (bicyclic) bond motifs is 1. The monoisotopic (exact) mass is 368 g/mol. The summed E-state index contributed by atoms with van der Waals surface area (Å²) in [5.74, 6) is 0.0193. The van der Waals surface area contributed by atoms with Crippen LogP contribution >= 0.6 is 0 Å². The minimum Gasteiger partial charge on any atom is -0.493 e. The lowest BCUT2D eigenvalue weighted by atomic mass is 10.2. The molecule has 140 valence electrons. The summed E-state index contributed by atoms with van der Waals surface area (Å²) >= 11 is 0. The number of nitrogens with one attached hydrogen (secondary N) is 2. The number of amides is 1. The molecule has 0 unspecified atom stereocenters. The first-order valence-corrected chi connectivity index (χ1v) is 8.33. The molecule has 2 aromatic carbocycles. The number of aromatic nitrogens is 1. The summed E-state index contributed by atoms with van der Waals surface area (Å²) in [5.41, 5.74) is 1.72. The Kier molecular flexibility index (Phi) is 5.30. The largest absolute Gasteiger partial charge is 0.493 e. The molecule has 0 saturated heterocycles. The zero-order valence-electron chi connectivity index (χ0n) is 15.2. The molecule has 1 heterocycles. The number of hydrogen-bond donors (Lipinski definition) is 2. The molecule has 7 heteroatoms. The lowest BCUT2D eigenvalue weighted by Crippen LogP contribution is -2.30. The van der Waals surface area contributed by atoms with Gasteiger partial charge >= 0.3 is 5.97 Å². The number of esters is 1. The number of aromatic amines is 1. The topological polar surface area (TPSA) is 89.6 Å². The second-order valence-corrected chi connectivity index (χ2v) is 5.85. The van der Waals surface area contributed by atoms with Crippen LogP contribution in [-0.4, -0.2) is 37.2 Å². The van der Waals surface area contributed by atoms with Crippen LogP contribution in [0.3, 0.4) is 0 Å². The van der Waals surface area contributed by atoms with Gasteiger partial charge in [-0.2, -0.15) is 0 Å². The standard InChI is InChI=1S/C20H20N2O5/c1-12(19(23)22-13-8-9-17(25-2)18(10-13)26-3)27-20(24)15-11-21-16-7-5-4-6-14(15)16/h4-12,21H,1-3H3,(H,22,23)/t12-/m0/s1. The Morgan fingerprint density at radius 3 is 2.52 bits per heavy atom. The Bertz CT molecular complexity index is 979. The molecule has 27 heavy (non-hydrogen) atoms. The minimum atomic E-state index is -0.973. The van der Waals surface area contributed by atoms with Crippen LogP contribution < -0.4 is 14.8 Å². The predicted molar refractivity (Wildman–Crippen MR) is 101 cm³/mol. The van der Waals surface area contributed by atoms with Crippen molar-refractivity contribution in [1.29, 1.82) is 0 Å². The van der Waals surface area contributed by atoms with Gasteiger partial charge < -0.3 is 24.5 Å². The first-order chi connectivity index (χ1) is 13.0. The Hall–Kier alpha value is -3.48. The van der Waals surface area contributed by atoms with Gasteiger partial charge in [0, 0.05) is 28.9 Å². The molecule has 3 aromatic rings. The molecule has 1 atom stereocenters. The first-order valence-electron chi connectivity index (χ1n) is 8.33. The van der Waals surface area contributed by atoms with Gasteiger partial charge in [-0.25, -0.2) is 4.79 Å². The van der Waals surface area contributed by atoms with Crippen molar-refractivity contribution in [3.8, 4) is 11.5 Å². The quantitative estimate of drug-likeness (QED) is 0.651. The van der Waals surface area contributed by atoms with Gasteiger partial charge in [0.2, 0.25) is 0 Å². The van der Waals surface area contributed by atoms with E-state index in [0.717, 1.165) is 10.9 Å². The number of ether oxygens (including phenoxy) is 3. The molecule has 0 aliphatic rings. The maximum atomic E-state index is 12.4. The van der Waals surface area contributed by atoms with Crippen molar-refractivity contribution < 1.29 is 23.8 Å². The normalized spacial score (nSPS) is 11.7. The van der Waals surface area contributed by atoms with Gasteiger partial charge in [0.25, 0.3) is 5.91 Å². The van der Waals surface area contributed by atoms with Gasteiger partial charge in [-0.3, -0.25) is 4.79 Å². The van der Waals surface area contributed by atoms with Crippen LogP contribution in [0, 0.1) is 0 Å². The highest BCUT2D eigenvalue weighted by atomic mass is 16.5. The van der Waals surface area contributed by atoms with E-state index in [1.54, 1.807) is 24.4 Å². The Labute approximate surface area is 156 Å². The van der Waals surface area contributed by atoms with Gasteiger partial charge in [0.15, 0.2) is 17.6 Å². The van der Waals surface area contributed by atoms with Crippen molar-refractivity contribution in [2.24, 2.45) is 0 Å². The molecule has 0 aliphatic heterocycles. The van der Waals surface area contributed by atoms with Crippen LogP contribution in [0.1, 0.15) is 17.3 Å². The predicted octanol–water partition coefficient (Wildman–Crippen LogP) is 3.37. The third kappa shape index (κ3) is 3.87. The van der Waals surface area contributed by atoms with Gasteiger partial charge in [-0.15, -0.1) is 0 Å². The van der Waals surface area contributed by atoms with Crippen molar-refractivity contribution in [3.05, 3.63) is 54.2 Å². The average Bonchev–Trinajstić information content (AvgIpc) is 3.12. The fraction of sp³-hybridized carbons (Fsp3) is 0.200. The molecule has 0 aliphatic carbocycles. The van der Waals surface area contributed by atoms with E-state index in [0.29, 0.717) is 22.7 Å². The van der Waals surface area contributed by atoms with E-state index in [2.05, 4.69) is 10.3 Å². The molecule has 0 spiro atoms. The highest BCUT2D eigenvalue weighted by Gasteiger charge is 2.21. The number of hydrogen-bond acceptors (Lipinski definition) is 5. The molecular weight excluding hydrogens is 348 g/mol. The Morgan fingerprint density at radius 2 is 1.78 bits per heavy atom. The van der Waals surface area contributed by atoms with Gasteiger partial charge in [0.1, 0.15) is 0 Å². The van der Waals surface area contributed by atoms with Crippen molar-refractivity contribution in [2.45, 2.75) is 13.0 Å². The summed E-state index contributed by atoms with van der Waals surface area (Å²) in [5, 5.41) is 3.44. The number of anilines is 1. The number of carbonyl (C=O) groups is 2. The first kappa shape index (κ1) is 18.3. The highest BCUT2D eigenvalue weighted by molar-refractivity contribution is 6.05. The molecule has 0 radical (unpaired) electrons. The van der Waals surface area contributed by atoms with Crippen molar-refractivity contribution in [2.75, 3.05) is 19.5 Å². The van der Waals surface area contributed by atoms with Crippen molar-refractivity contribution >= 4 is 28.5 Å². The number of H-pyrrole nitrogens is 1. The Morgan fingerprint density at radius 1 is 1.04 bits per heavy atom. The second-order valence-electron chi connectivity index (χ2n) is 5.85. The number of rotatable bonds is 6. The smallest absolute Gasteiger partial charge is 0.341 e. The molecule has 2 N–H and O–H groups in total. The maximum absolute atomic E-state index is 12.4. The molecular formula is C20H20N2O5. The van der Waals surface area contributed by atoms with Crippen LogP contribution in [0.2, 0.25) is 0 Å². The number of carbonyl (C=O) groups excluding carboxylic acids is 2. The number of benzene rings is 2. The number of methoxy groups -OCH3 is 2. The van der Waals surface area contributed by atoms with E-state index < -0.39 is 18.0 Å². The summed E-state index contributed by atoms with van der Waals surface area (Å²) in [4.78, 5) is 27.8. The Balaban J connectivity index is 1.68. The van der Waals surface area contributed by atoms with Crippen molar-refractivity contribution in [3.63, 3.8) is 0 Å². The van der Waals surface area contributed by atoms with E-state index in [9.17, 15) is 9.59 Å². The van der Waals surface area contributed by atoms with E-state index in [1.165, 1.54) is 21.1 Å². The molecule has 0 fully saturated rings. The van der Waals surface area contributed by atoms with E-state index >= 15 is 0 Å². The second kappa shape index (κ2) is 7.82. The maximum Gasteiger partial charge on any atom is 0.341 e. The van der Waals surface area contributed by atoms with Crippen LogP contribution in [0.5, 0.6) is 11.5 Å². The summed E-state index contributed by atoms with van der Waals surface area (Å²) < 4.78 is 15.7. The van der Waals surface area contributed by atoms with E-state index in [4.69, 9.17) is 14.2 Å². The van der Waals surface area contributed by atoms with Crippen molar-refractivity contribution in [1.82, 2.24) is 4.98 Å². The number of para-hydroxylation sites is 1.